The fourth-order valence-electron chi connectivity index (χ4n) is 3.20. The van der Waals surface area contributed by atoms with Crippen LogP contribution in [-0.4, -0.2) is 46.6 Å². The van der Waals surface area contributed by atoms with E-state index >= 15 is 0 Å². The molecule has 1 heterocycles. The average Bonchev–Trinajstić information content (AvgIpc) is 2.11. The van der Waals surface area contributed by atoms with Crippen LogP contribution in [0.1, 0.15) is 47.5 Å². The SMILES string of the molecule is CC1CN(C2CCC2CNC(C)(C)C)CC(C)S1. The number of nitrogens with zero attached hydrogens (tertiary/aromatic N) is 1. The van der Waals surface area contributed by atoms with Crippen LogP contribution in [0.15, 0.2) is 0 Å². The van der Waals surface area contributed by atoms with Gasteiger partial charge in [-0.3, -0.25) is 4.90 Å². The molecule has 4 atom stereocenters. The van der Waals surface area contributed by atoms with Gasteiger partial charge in [0.2, 0.25) is 0 Å². The lowest BCUT2D eigenvalue weighted by Gasteiger charge is -2.49. The topological polar surface area (TPSA) is 15.3 Å². The summed E-state index contributed by atoms with van der Waals surface area (Å²) in [5, 5.41) is 5.30. The molecule has 1 N–H and O–H groups in total. The van der Waals surface area contributed by atoms with Crippen molar-refractivity contribution in [2.24, 2.45) is 5.92 Å². The molecule has 3 heteroatoms. The fraction of sp³-hybridized carbons (Fsp3) is 1.00. The van der Waals surface area contributed by atoms with E-state index in [1.54, 1.807) is 0 Å². The van der Waals surface area contributed by atoms with Crippen LogP contribution in [0, 0.1) is 5.92 Å². The van der Waals surface area contributed by atoms with Crippen molar-refractivity contribution in [1.82, 2.24) is 10.2 Å². The zero-order valence-corrected chi connectivity index (χ0v) is 13.5. The summed E-state index contributed by atoms with van der Waals surface area (Å²) in [6.07, 6.45) is 2.83. The van der Waals surface area contributed by atoms with Gasteiger partial charge in [0, 0.05) is 35.2 Å². The first kappa shape index (κ1) is 14.7. The van der Waals surface area contributed by atoms with Crippen LogP contribution in [0.4, 0.5) is 0 Å². The third-order valence-electron chi connectivity index (χ3n) is 4.19. The Morgan fingerprint density at radius 2 is 1.72 bits per heavy atom. The standard InChI is InChI=1S/C15H30N2S/c1-11-9-17(10-12(2)18-11)14-7-6-13(14)8-16-15(3,4)5/h11-14,16H,6-10H2,1-5H3. The Kier molecular flexibility index (Phi) is 4.66. The predicted octanol–water partition coefficient (Wildman–Crippen LogP) is 2.98. The molecule has 0 aromatic carbocycles. The van der Waals surface area contributed by atoms with Crippen molar-refractivity contribution in [1.29, 1.82) is 0 Å². The normalized spacial score (nSPS) is 38.5. The van der Waals surface area contributed by atoms with Gasteiger partial charge >= 0.3 is 0 Å². The summed E-state index contributed by atoms with van der Waals surface area (Å²) in [5.74, 6) is 0.881. The first-order valence-electron chi connectivity index (χ1n) is 7.49. The minimum atomic E-state index is 0.262. The summed E-state index contributed by atoms with van der Waals surface area (Å²) < 4.78 is 0. The fourth-order valence-corrected chi connectivity index (χ4v) is 4.54. The van der Waals surface area contributed by atoms with Crippen molar-refractivity contribution >= 4 is 11.8 Å². The van der Waals surface area contributed by atoms with Crippen molar-refractivity contribution in [3.8, 4) is 0 Å². The Balaban J connectivity index is 1.82. The highest BCUT2D eigenvalue weighted by Crippen LogP contribution is 2.36. The van der Waals surface area contributed by atoms with E-state index < -0.39 is 0 Å². The summed E-state index contributed by atoms with van der Waals surface area (Å²) in [6.45, 7) is 15.4. The van der Waals surface area contributed by atoms with Crippen molar-refractivity contribution < 1.29 is 0 Å². The highest BCUT2D eigenvalue weighted by molar-refractivity contribution is 8.00. The highest BCUT2D eigenvalue weighted by Gasteiger charge is 2.38. The molecule has 0 radical (unpaired) electrons. The maximum absolute atomic E-state index is 3.68. The third-order valence-corrected chi connectivity index (χ3v) is 5.42. The quantitative estimate of drug-likeness (QED) is 0.849. The van der Waals surface area contributed by atoms with Crippen molar-refractivity contribution in [3.63, 3.8) is 0 Å². The van der Waals surface area contributed by atoms with E-state index in [-0.39, 0.29) is 5.54 Å². The molecule has 0 bridgehead atoms. The second-order valence-corrected chi connectivity index (χ2v) is 9.13. The molecule has 1 aliphatic heterocycles. The first-order chi connectivity index (χ1) is 8.35. The van der Waals surface area contributed by atoms with Gasteiger partial charge in [-0.1, -0.05) is 13.8 Å². The van der Waals surface area contributed by atoms with Crippen LogP contribution < -0.4 is 5.32 Å². The number of nitrogens with one attached hydrogen (secondary N) is 1. The lowest BCUT2D eigenvalue weighted by Crippen LogP contribution is -2.56. The minimum absolute atomic E-state index is 0.262. The predicted molar refractivity (Wildman–Crippen MR) is 82.4 cm³/mol. The van der Waals surface area contributed by atoms with Crippen LogP contribution in [0.3, 0.4) is 0 Å². The maximum atomic E-state index is 3.68. The number of hydrogen-bond acceptors (Lipinski definition) is 3. The zero-order chi connectivity index (χ0) is 13.3. The van der Waals surface area contributed by atoms with Crippen molar-refractivity contribution in [2.75, 3.05) is 19.6 Å². The van der Waals surface area contributed by atoms with Crippen molar-refractivity contribution in [3.05, 3.63) is 0 Å². The van der Waals surface area contributed by atoms with Gasteiger partial charge in [-0.25, -0.2) is 0 Å². The molecule has 0 aromatic heterocycles. The van der Waals surface area contributed by atoms with Gasteiger partial charge in [-0.05, 0) is 46.1 Å². The Bertz CT molecular complexity index is 264. The van der Waals surface area contributed by atoms with Crippen LogP contribution in [0.5, 0.6) is 0 Å². The Morgan fingerprint density at radius 1 is 1.11 bits per heavy atom. The van der Waals surface area contributed by atoms with Crippen LogP contribution in [0.2, 0.25) is 0 Å². The van der Waals surface area contributed by atoms with Gasteiger partial charge in [-0.2, -0.15) is 11.8 Å². The summed E-state index contributed by atoms with van der Waals surface area (Å²) in [5.41, 5.74) is 0.262. The van der Waals surface area contributed by atoms with Gasteiger partial charge in [0.15, 0.2) is 0 Å². The molecule has 2 nitrogen and oxygen atoms in total. The van der Waals surface area contributed by atoms with E-state index in [0.717, 1.165) is 22.5 Å². The van der Waals surface area contributed by atoms with E-state index in [0.29, 0.717) is 0 Å². The molecule has 1 saturated carbocycles. The van der Waals surface area contributed by atoms with E-state index in [1.807, 2.05) is 0 Å². The molecule has 18 heavy (non-hydrogen) atoms. The summed E-state index contributed by atoms with van der Waals surface area (Å²) in [7, 11) is 0. The third kappa shape index (κ3) is 3.88. The number of rotatable bonds is 3. The van der Waals surface area contributed by atoms with Gasteiger partial charge in [0.05, 0.1) is 0 Å². The highest BCUT2D eigenvalue weighted by atomic mass is 32.2. The molecule has 1 saturated heterocycles. The molecule has 1 aliphatic carbocycles. The molecule has 0 aromatic rings. The van der Waals surface area contributed by atoms with Gasteiger partial charge in [0.25, 0.3) is 0 Å². The summed E-state index contributed by atoms with van der Waals surface area (Å²) in [4.78, 5) is 2.77. The second-order valence-electron chi connectivity index (χ2n) is 7.25. The van der Waals surface area contributed by atoms with E-state index in [2.05, 4.69) is 56.6 Å². The van der Waals surface area contributed by atoms with E-state index in [9.17, 15) is 0 Å². The van der Waals surface area contributed by atoms with Gasteiger partial charge in [-0.15, -0.1) is 0 Å². The van der Waals surface area contributed by atoms with Crippen LogP contribution >= 0.6 is 11.8 Å². The Morgan fingerprint density at radius 3 is 2.17 bits per heavy atom. The second kappa shape index (κ2) is 5.72. The molecular formula is C15H30N2S. The molecule has 106 valence electrons. The Labute approximate surface area is 117 Å². The molecular weight excluding hydrogens is 240 g/mol. The lowest BCUT2D eigenvalue weighted by molar-refractivity contribution is 0.0570. The molecule has 2 fully saturated rings. The molecule has 2 rings (SSSR count). The summed E-state index contributed by atoms with van der Waals surface area (Å²) in [6, 6.07) is 0.852. The minimum Gasteiger partial charge on any atom is -0.312 e. The van der Waals surface area contributed by atoms with Crippen LogP contribution in [-0.2, 0) is 0 Å². The Hall–Kier alpha value is 0.270. The smallest absolute Gasteiger partial charge is 0.0149 e. The zero-order valence-electron chi connectivity index (χ0n) is 12.7. The lowest BCUT2D eigenvalue weighted by atomic mass is 9.77. The van der Waals surface area contributed by atoms with Gasteiger partial charge < -0.3 is 5.32 Å². The molecule has 2 aliphatic rings. The van der Waals surface area contributed by atoms with E-state index in [4.69, 9.17) is 0 Å². The molecule has 4 unspecified atom stereocenters. The van der Waals surface area contributed by atoms with Crippen LogP contribution in [0.25, 0.3) is 0 Å². The van der Waals surface area contributed by atoms with Gasteiger partial charge in [0.1, 0.15) is 0 Å². The largest absolute Gasteiger partial charge is 0.312 e. The molecule has 0 spiro atoms. The maximum Gasteiger partial charge on any atom is 0.0149 e. The first-order valence-corrected chi connectivity index (χ1v) is 8.44. The number of thioether (sulfide) groups is 1. The van der Waals surface area contributed by atoms with E-state index in [1.165, 1.54) is 32.5 Å². The summed E-state index contributed by atoms with van der Waals surface area (Å²) >= 11 is 2.16. The average molecular weight is 270 g/mol. The molecule has 0 amide bonds. The monoisotopic (exact) mass is 270 g/mol. The van der Waals surface area contributed by atoms with Crippen molar-refractivity contribution in [2.45, 2.75) is 69.5 Å². The number of hydrogen-bond donors (Lipinski definition) is 1.